The van der Waals surface area contributed by atoms with E-state index in [9.17, 15) is 4.79 Å². The highest BCUT2D eigenvalue weighted by atomic mass is 79.9. The number of nitrogens with one attached hydrogen (secondary N) is 1. The van der Waals surface area contributed by atoms with Gasteiger partial charge in [-0.2, -0.15) is 5.10 Å². The van der Waals surface area contributed by atoms with Gasteiger partial charge in [-0.15, -0.1) is 11.3 Å². The Labute approximate surface area is 124 Å². The van der Waals surface area contributed by atoms with Gasteiger partial charge in [0.2, 0.25) is 11.0 Å². The van der Waals surface area contributed by atoms with Crippen LogP contribution in [0, 0.1) is 0 Å². The lowest BCUT2D eigenvalue weighted by atomic mass is 10.3. The van der Waals surface area contributed by atoms with Gasteiger partial charge in [-0.1, -0.05) is 15.9 Å². The third-order valence-corrected chi connectivity index (χ3v) is 3.92. The molecule has 0 aliphatic carbocycles. The lowest BCUT2D eigenvalue weighted by Gasteiger charge is -2.02. The Hall–Kier alpha value is -1.21. The molecule has 2 heterocycles. The molecular weight excluding hydrogens is 328 g/mol. The van der Waals surface area contributed by atoms with Gasteiger partial charge in [0.1, 0.15) is 0 Å². The van der Waals surface area contributed by atoms with Gasteiger partial charge in [0.05, 0.1) is 5.69 Å². The lowest BCUT2D eigenvalue weighted by Crippen LogP contribution is -2.25. The monoisotopic (exact) mass is 342 g/mol. The van der Waals surface area contributed by atoms with E-state index < -0.39 is 0 Å². The average Bonchev–Trinajstić information content (AvgIpc) is 3.06. The lowest BCUT2D eigenvalue weighted by molar-refractivity contribution is -0.121. The predicted octanol–water partition coefficient (Wildman–Crippen LogP) is 2.16. The number of thiazole rings is 1. The molecule has 1 amide bonds. The maximum Gasteiger partial charge on any atom is 0.220 e. The predicted molar refractivity (Wildman–Crippen MR) is 79.0 cm³/mol. The van der Waals surface area contributed by atoms with Crippen molar-refractivity contribution >= 4 is 33.2 Å². The smallest absolute Gasteiger partial charge is 0.220 e. The number of hydrogen-bond acceptors (Lipinski definition) is 4. The fourth-order valence-electron chi connectivity index (χ4n) is 1.54. The van der Waals surface area contributed by atoms with Gasteiger partial charge in [0.25, 0.3) is 0 Å². The van der Waals surface area contributed by atoms with Crippen LogP contribution in [0.1, 0.15) is 18.5 Å². The molecule has 0 aliphatic rings. The molecule has 0 spiro atoms. The molecule has 7 heteroatoms. The maximum absolute atomic E-state index is 11.4. The average molecular weight is 343 g/mol. The summed E-state index contributed by atoms with van der Waals surface area (Å²) in [6.07, 6.45) is 5.78. The minimum atomic E-state index is 0.0991. The van der Waals surface area contributed by atoms with Crippen LogP contribution in [-0.2, 0) is 11.2 Å². The molecule has 0 unspecified atom stereocenters. The van der Waals surface area contributed by atoms with E-state index >= 15 is 0 Å². The minimum Gasteiger partial charge on any atom is -0.356 e. The Kier molecular flexibility index (Phi) is 5.53. The van der Waals surface area contributed by atoms with E-state index in [1.807, 2.05) is 17.6 Å². The summed E-state index contributed by atoms with van der Waals surface area (Å²) in [5.41, 5.74) is 0.983. The number of hydrogen-bond donors (Lipinski definition) is 1. The number of nitrogens with zero attached hydrogens (tertiary/aromatic N) is 3. The van der Waals surface area contributed by atoms with Gasteiger partial charge in [-0.3, -0.25) is 4.79 Å². The number of alkyl halides is 1. The van der Waals surface area contributed by atoms with Gasteiger partial charge < -0.3 is 5.32 Å². The second-order valence-corrected chi connectivity index (χ2v) is 5.59. The molecule has 2 aromatic rings. The van der Waals surface area contributed by atoms with Crippen LogP contribution in [-0.4, -0.2) is 32.5 Å². The van der Waals surface area contributed by atoms with E-state index in [0.29, 0.717) is 13.0 Å². The molecule has 2 aromatic heterocycles. The molecular formula is C12H15BrN4OS. The van der Waals surface area contributed by atoms with Crippen molar-refractivity contribution in [1.82, 2.24) is 20.1 Å². The van der Waals surface area contributed by atoms with Crippen LogP contribution in [0.3, 0.4) is 0 Å². The van der Waals surface area contributed by atoms with E-state index in [1.165, 1.54) is 0 Å². The highest BCUT2D eigenvalue weighted by Gasteiger charge is 2.05. The van der Waals surface area contributed by atoms with Gasteiger partial charge >= 0.3 is 0 Å². The van der Waals surface area contributed by atoms with Crippen molar-refractivity contribution in [2.75, 3.05) is 11.9 Å². The topological polar surface area (TPSA) is 59.8 Å². The Morgan fingerprint density at radius 3 is 3.16 bits per heavy atom. The van der Waals surface area contributed by atoms with Gasteiger partial charge in [0, 0.05) is 42.5 Å². The molecule has 0 aliphatic heterocycles. The minimum absolute atomic E-state index is 0.0991. The van der Waals surface area contributed by atoms with Gasteiger partial charge in [0.15, 0.2) is 0 Å². The van der Waals surface area contributed by atoms with Crippen molar-refractivity contribution in [2.24, 2.45) is 0 Å². The Morgan fingerprint density at radius 1 is 1.53 bits per heavy atom. The molecule has 0 saturated carbocycles. The van der Waals surface area contributed by atoms with Crippen molar-refractivity contribution in [3.05, 3.63) is 29.5 Å². The molecule has 0 radical (unpaired) electrons. The second-order valence-electron chi connectivity index (χ2n) is 3.96. The SMILES string of the molecule is O=C(CCCBr)NCCc1csc(-n2cccn2)n1. The van der Waals surface area contributed by atoms with Crippen molar-refractivity contribution < 1.29 is 4.79 Å². The molecule has 0 atom stereocenters. The highest BCUT2D eigenvalue weighted by Crippen LogP contribution is 2.13. The standard InChI is InChI=1S/C12H15BrN4OS/c13-5-1-3-11(18)14-7-4-10-9-19-12(16-10)17-8-2-6-15-17/h2,6,8-9H,1,3-5,7H2,(H,14,18). The Bertz CT molecular complexity index is 512. The number of aromatic nitrogens is 3. The fraction of sp³-hybridized carbons (Fsp3) is 0.417. The van der Waals surface area contributed by atoms with Crippen LogP contribution >= 0.6 is 27.3 Å². The van der Waals surface area contributed by atoms with Crippen molar-refractivity contribution in [3.8, 4) is 5.13 Å². The number of amides is 1. The molecule has 0 bridgehead atoms. The van der Waals surface area contributed by atoms with Gasteiger partial charge in [-0.25, -0.2) is 9.67 Å². The zero-order chi connectivity index (χ0) is 13.5. The Balaban J connectivity index is 1.76. The van der Waals surface area contributed by atoms with Crippen molar-refractivity contribution in [2.45, 2.75) is 19.3 Å². The van der Waals surface area contributed by atoms with Crippen LogP contribution in [0.25, 0.3) is 5.13 Å². The summed E-state index contributed by atoms with van der Waals surface area (Å²) in [5.74, 6) is 0.0991. The number of rotatable bonds is 7. The zero-order valence-electron chi connectivity index (χ0n) is 10.4. The first-order chi connectivity index (χ1) is 9.29. The summed E-state index contributed by atoms with van der Waals surface area (Å²) in [6.45, 7) is 0.628. The fourth-order valence-corrected chi connectivity index (χ4v) is 2.62. The van der Waals surface area contributed by atoms with E-state index in [0.717, 1.165) is 29.0 Å². The second kappa shape index (κ2) is 7.40. The third-order valence-electron chi connectivity index (χ3n) is 2.48. The molecule has 2 rings (SSSR count). The number of halogens is 1. The van der Waals surface area contributed by atoms with Crippen LogP contribution < -0.4 is 5.32 Å². The molecule has 19 heavy (non-hydrogen) atoms. The first-order valence-electron chi connectivity index (χ1n) is 6.06. The summed E-state index contributed by atoms with van der Waals surface area (Å²) in [6, 6.07) is 1.87. The molecule has 0 fully saturated rings. The summed E-state index contributed by atoms with van der Waals surface area (Å²) < 4.78 is 1.74. The first-order valence-corrected chi connectivity index (χ1v) is 8.07. The summed E-state index contributed by atoms with van der Waals surface area (Å²) in [4.78, 5) is 15.9. The highest BCUT2D eigenvalue weighted by molar-refractivity contribution is 9.09. The Morgan fingerprint density at radius 2 is 2.42 bits per heavy atom. The molecule has 1 N–H and O–H groups in total. The largest absolute Gasteiger partial charge is 0.356 e. The normalized spacial score (nSPS) is 10.6. The summed E-state index contributed by atoms with van der Waals surface area (Å²) in [5, 5.41) is 10.7. The van der Waals surface area contributed by atoms with E-state index in [1.54, 1.807) is 22.2 Å². The van der Waals surface area contributed by atoms with E-state index in [-0.39, 0.29) is 5.91 Å². The van der Waals surface area contributed by atoms with Crippen LogP contribution in [0.5, 0.6) is 0 Å². The maximum atomic E-state index is 11.4. The van der Waals surface area contributed by atoms with E-state index in [4.69, 9.17) is 0 Å². The quantitative estimate of drug-likeness (QED) is 0.784. The van der Waals surface area contributed by atoms with Crippen LogP contribution in [0.15, 0.2) is 23.8 Å². The molecule has 0 aromatic carbocycles. The molecule has 5 nitrogen and oxygen atoms in total. The number of carbonyl (C=O) groups is 1. The molecule has 0 saturated heterocycles. The van der Waals surface area contributed by atoms with E-state index in [2.05, 4.69) is 31.3 Å². The summed E-state index contributed by atoms with van der Waals surface area (Å²) >= 11 is 4.86. The molecule has 102 valence electrons. The van der Waals surface area contributed by atoms with Crippen LogP contribution in [0.2, 0.25) is 0 Å². The number of carbonyl (C=O) groups excluding carboxylic acids is 1. The third kappa shape index (κ3) is 4.43. The van der Waals surface area contributed by atoms with Crippen LogP contribution in [0.4, 0.5) is 0 Å². The van der Waals surface area contributed by atoms with Gasteiger partial charge in [-0.05, 0) is 12.5 Å². The zero-order valence-corrected chi connectivity index (χ0v) is 12.8. The first kappa shape index (κ1) is 14.2. The van der Waals surface area contributed by atoms with Crippen molar-refractivity contribution in [1.29, 1.82) is 0 Å². The summed E-state index contributed by atoms with van der Waals surface area (Å²) in [7, 11) is 0. The van der Waals surface area contributed by atoms with Crippen molar-refractivity contribution in [3.63, 3.8) is 0 Å².